The zero-order valence-corrected chi connectivity index (χ0v) is 9.74. The molecule has 3 nitrogen and oxygen atoms in total. The van der Waals surface area contributed by atoms with Crippen LogP contribution in [0.4, 0.5) is 4.39 Å². The number of benzene rings is 1. The monoisotopic (exact) mass is 229 g/mol. The predicted molar refractivity (Wildman–Crippen MR) is 62.3 cm³/mol. The molecule has 0 aliphatic rings. The molecule has 0 radical (unpaired) electrons. The van der Waals surface area contributed by atoms with Crippen molar-refractivity contribution in [3.05, 3.63) is 47.0 Å². The van der Waals surface area contributed by atoms with E-state index in [1.54, 1.807) is 16.8 Å². The molecule has 1 heterocycles. The fourth-order valence-corrected chi connectivity index (χ4v) is 1.84. The molecule has 1 aromatic carbocycles. The number of aryl methyl sites for hydroxylation is 1. The minimum atomic E-state index is -0.271. The van der Waals surface area contributed by atoms with Gasteiger partial charge < -0.3 is 0 Å². The summed E-state index contributed by atoms with van der Waals surface area (Å²) in [6.45, 7) is 3.79. The first-order valence-corrected chi connectivity index (χ1v) is 5.31. The van der Waals surface area contributed by atoms with Gasteiger partial charge in [0.25, 0.3) is 0 Å². The molecule has 0 atom stereocenters. The van der Waals surface area contributed by atoms with Crippen molar-refractivity contribution >= 4 is 0 Å². The van der Waals surface area contributed by atoms with Gasteiger partial charge in [0.05, 0.1) is 23.9 Å². The normalized spacial score (nSPS) is 10.2. The first-order valence-electron chi connectivity index (χ1n) is 5.31. The molecule has 0 saturated carbocycles. The largest absolute Gasteiger partial charge is 0.238 e. The van der Waals surface area contributed by atoms with Crippen LogP contribution < -0.4 is 0 Å². The summed E-state index contributed by atoms with van der Waals surface area (Å²) in [5, 5.41) is 13.1. The zero-order valence-electron chi connectivity index (χ0n) is 9.74. The third-order valence-corrected chi connectivity index (χ3v) is 2.77. The highest BCUT2D eigenvalue weighted by Crippen LogP contribution is 2.18. The molecule has 4 heteroatoms. The molecule has 0 aliphatic carbocycles. The maximum Gasteiger partial charge on any atom is 0.123 e. The summed E-state index contributed by atoms with van der Waals surface area (Å²) in [7, 11) is 0. The molecule has 0 amide bonds. The second-order valence-electron chi connectivity index (χ2n) is 3.87. The second-order valence-corrected chi connectivity index (χ2v) is 3.87. The van der Waals surface area contributed by atoms with Crippen LogP contribution in [0.2, 0.25) is 0 Å². The highest BCUT2D eigenvalue weighted by atomic mass is 19.1. The lowest BCUT2D eigenvalue weighted by Crippen LogP contribution is -1.99. The molecule has 0 fully saturated rings. The summed E-state index contributed by atoms with van der Waals surface area (Å²) in [4.78, 5) is 0. The Labute approximate surface area is 99.1 Å². The van der Waals surface area contributed by atoms with Crippen LogP contribution >= 0.6 is 0 Å². The number of hydrogen-bond acceptors (Lipinski definition) is 2. The van der Waals surface area contributed by atoms with Gasteiger partial charge in [-0.3, -0.25) is 0 Å². The maximum absolute atomic E-state index is 12.8. The van der Waals surface area contributed by atoms with Gasteiger partial charge in [-0.1, -0.05) is 0 Å². The Balaban J connectivity index is 2.50. The standard InChI is InChI=1S/C13H12FN3/c1-9-13(7-8-15)10(2)17(16-9)12-5-3-11(14)4-6-12/h3-6H,7H2,1-2H3. The van der Waals surface area contributed by atoms with Crippen molar-refractivity contribution in [2.45, 2.75) is 20.3 Å². The molecule has 0 bridgehead atoms. The molecule has 0 aliphatic heterocycles. The van der Waals surface area contributed by atoms with E-state index in [1.807, 2.05) is 13.8 Å². The van der Waals surface area contributed by atoms with Crippen LogP contribution in [0.15, 0.2) is 24.3 Å². The highest BCUT2D eigenvalue weighted by Gasteiger charge is 2.12. The van der Waals surface area contributed by atoms with Crippen LogP contribution in [0, 0.1) is 31.0 Å². The number of aromatic nitrogens is 2. The average molecular weight is 229 g/mol. The summed E-state index contributed by atoms with van der Waals surface area (Å²) in [5.74, 6) is -0.271. The Bertz CT molecular complexity index is 576. The smallest absolute Gasteiger partial charge is 0.123 e. The van der Waals surface area contributed by atoms with Gasteiger partial charge >= 0.3 is 0 Å². The summed E-state index contributed by atoms with van der Waals surface area (Å²) >= 11 is 0. The van der Waals surface area contributed by atoms with Crippen LogP contribution in [-0.4, -0.2) is 9.78 Å². The van der Waals surface area contributed by atoms with E-state index in [4.69, 9.17) is 5.26 Å². The maximum atomic E-state index is 12.8. The van der Waals surface area contributed by atoms with E-state index < -0.39 is 0 Å². The first kappa shape index (κ1) is 11.3. The summed E-state index contributed by atoms with van der Waals surface area (Å²) < 4.78 is 14.6. The summed E-state index contributed by atoms with van der Waals surface area (Å²) in [5.41, 5.74) is 3.51. The van der Waals surface area contributed by atoms with Gasteiger partial charge in [0.1, 0.15) is 5.82 Å². The molecule has 2 rings (SSSR count). The molecule has 0 unspecified atom stereocenters. The van der Waals surface area contributed by atoms with E-state index in [9.17, 15) is 4.39 Å². The molecular weight excluding hydrogens is 217 g/mol. The van der Waals surface area contributed by atoms with Gasteiger partial charge in [-0.2, -0.15) is 10.4 Å². The Kier molecular flexibility index (Phi) is 2.92. The van der Waals surface area contributed by atoms with Crippen LogP contribution in [0.25, 0.3) is 5.69 Å². The molecule has 0 N–H and O–H groups in total. The van der Waals surface area contributed by atoms with E-state index in [0.29, 0.717) is 6.42 Å². The fraction of sp³-hybridized carbons (Fsp3) is 0.231. The van der Waals surface area contributed by atoms with Gasteiger partial charge in [0, 0.05) is 11.3 Å². The summed E-state index contributed by atoms with van der Waals surface area (Å²) in [6, 6.07) is 8.27. The van der Waals surface area contributed by atoms with E-state index in [2.05, 4.69) is 11.2 Å². The third kappa shape index (κ3) is 2.04. The Morgan fingerprint density at radius 3 is 2.53 bits per heavy atom. The SMILES string of the molecule is Cc1nn(-c2ccc(F)cc2)c(C)c1CC#N. The number of nitriles is 1. The Morgan fingerprint density at radius 2 is 1.94 bits per heavy atom. The van der Waals surface area contributed by atoms with Crippen molar-refractivity contribution in [1.29, 1.82) is 5.26 Å². The quantitative estimate of drug-likeness (QED) is 0.794. The molecule has 0 spiro atoms. The fourth-order valence-electron chi connectivity index (χ4n) is 1.84. The minimum Gasteiger partial charge on any atom is -0.238 e. The highest BCUT2D eigenvalue weighted by molar-refractivity contribution is 5.38. The number of rotatable bonds is 2. The van der Waals surface area contributed by atoms with E-state index in [1.165, 1.54) is 12.1 Å². The van der Waals surface area contributed by atoms with Crippen molar-refractivity contribution in [3.8, 4) is 11.8 Å². The molecular formula is C13H12FN3. The minimum absolute atomic E-state index is 0.271. The Morgan fingerprint density at radius 1 is 1.29 bits per heavy atom. The van der Waals surface area contributed by atoms with Crippen molar-refractivity contribution in [2.75, 3.05) is 0 Å². The third-order valence-electron chi connectivity index (χ3n) is 2.77. The molecule has 1 aromatic heterocycles. The van der Waals surface area contributed by atoms with Crippen molar-refractivity contribution in [2.24, 2.45) is 0 Å². The van der Waals surface area contributed by atoms with Gasteiger partial charge in [-0.05, 0) is 38.1 Å². The van der Waals surface area contributed by atoms with Crippen molar-refractivity contribution < 1.29 is 4.39 Å². The molecule has 17 heavy (non-hydrogen) atoms. The molecule has 2 aromatic rings. The van der Waals surface area contributed by atoms with Crippen molar-refractivity contribution in [3.63, 3.8) is 0 Å². The molecule has 0 saturated heterocycles. The number of hydrogen-bond donors (Lipinski definition) is 0. The van der Waals surface area contributed by atoms with Gasteiger partial charge in [0.2, 0.25) is 0 Å². The Hall–Kier alpha value is -2.15. The average Bonchev–Trinajstić information content (AvgIpc) is 2.59. The van der Waals surface area contributed by atoms with E-state index in [-0.39, 0.29) is 5.82 Å². The topological polar surface area (TPSA) is 41.6 Å². The summed E-state index contributed by atoms with van der Waals surface area (Å²) in [6.07, 6.45) is 0.346. The number of nitrogens with zero attached hydrogens (tertiary/aromatic N) is 3. The molecule has 86 valence electrons. The first-order chi connectivity index (χ1) is 8.13. The van der Waals surface area contributed by atoms with Gasteiger partial charge in [0.15, 0.2) is 0 Å². The van der Waals surface area contributed by atoms with Crippen LogP contribution in [0.3, 0.4) is 0 Å². The second kappa shape index (κ2) is 4.38. The predicted octanol–water partition coefficient (Wildman–Crippen LogP) is 2.69. The van der Waals surface area contributed by atoms with Gasteiger partial charge in [-0.15, -0.1) is 0 Å². The van der Waals surface area contributed by atoms with Crippen LogP contribution in [-0.2, 0) is 6.42 Å². The van der Waals surface area contributed by atoms with Crippen molar-refractivity contribution in [1.82, 2.24) is 9.78 Å². The van der Waals surface area contributed by atoms with Gasteiger partial charge in [-0.25, -0.2) is 9.07 Å². The van der Waals surface area contributed by atoms with Crippen LogP contribution in [0.1, 0.15) is 17.0 Å². The number of halogens is 1. The zero-order chi connectivity index (χ0) is 12.4. The lowest BCUT2D eigenvalue weighted by atomic mass is 10.1. The lowest BCUT2D eigenvalue weighted by Gasteiger charge is -2.04. The van der Waals surface area contributed by atoms with Crippen LogP contribution in [0.5, 0.6) is 0 Å². The van der Waals surface area contributed by atoms with E-state index in [0.717, 1.165) is 22.6 Å². The lowest BCUT2D eigenvalue weighted by molar-refractivity contribution is 0.627. The van der Waals surface area contributed by atoms with E-state index >= 15 is 0 Å².